The van der Waals surface area contributed by atoms with E-state index in [1.54, 1.807) is 11.0 Å². The molecule has 1 atom stereocenters. The fourth-order valence-corrected chi connectivity index (χ4v) is 2.72. The quantitative estimate of drug-likeness (QED) is 0.945. The van der Waals surface area contributed by atoms with Crippen LogP contribution in [0.15, 0.2) is 34.9 Å². The maximum Gasteiger partial charge on any atom is 0.223 e. The highest BCUT2D eigenvalue weighted by atomic mass is 35.5. The molecule has 0 spiro atoms. The largest absolute Gasteiger partial charge is 0.387 e. The monoisotopic (exact) mass is 306 g/mol. The Kier molecular flexibility index (Phi) is 3.94. The first kappa shape index (κ1) is 14.1. The lowest BCUT2D eigenvalue weighted by atomic mass is 9.97. The fraction of sp³-hybridized carbons (Fsp3) is 0.333. The van der Waals surface area contributed by atoms with Crippen LogP contribution >= 0.6 is 11.6 Å². The Morgan fingerprint density at radius 2 is 2.29 bits per heavy atom. The predicted molar refractivity (Wildman–Crippen MR) is 76.7 cm³/mol. The number of benzene rings is 1. The Hall–Kier alpha value is -1.85. The molecule has 1 aliphatic heterocycles. The van der Waals surface area contributed by atoms with Gasteiger partial charge in [0, 0.05) is 25.5 Å². The lowest BCUT2D eigenvalue weighted by molar-refractivity contribution is -0.134. The summed E-state index contributed by atoms with van der Waals surface area (Å²) in [7, 11) is 0. The van der Waals surface area contributed by atoms with Crippen LogP contribution in [0, 0.1) is 0 Å². The normalized spacial score (nSPS) is 17.6. The number of carbonyl (C=O) groups excluding carboxylic acids is 1. The van der Waals surface area contributed by atoms with E-state index in [1.165, 1.54) is 0 Å². The molecule has 0 aliphatic carbocycles. The number of hydrogen-bond acceptors (Lipinski definition) is 4. The van der Waals surface area contributed by atoms with E-state index in [-0.39, 0.29) is 5.91 Å². The summed E-state index contributed by atoms with van der Waals surface area (Å²) in [5.74, 6) is 0.572. The topological polar surface area (TPSA) is 66.6 Å². The highest BCUT2D eigenvalue weighted by Crippen LogP contribution is 2.26. The molecule has 3 rings (SSSR count). The Labute approximate surface area is 127 Å². The summed E-state index contributed by atoms with van der Waals surface area (Å²) in [5.41, 5.74) is 1.90. The van der Waals surface area contributed by atoms with Crippen molar-refractivity contribution >= 4 is 17.5 Å². The van der Waals surface area contributed by atoms with Gasteiger partial charge in [-0.2, -0.15) is 0 Å². The molecule has 1 N–H and O–H groups in total. The molecule has 1 aromatic heterocycles. The number of aryl methyl sites for hydroxylation is 1. The van der Waals surface area contributed by atoms with Gasteiger partial charge in [0.25, 0.3) is 0 Å². The maximum absolute atomic E-state index is 12.3. The van der Waals surface area contributed by atoms with Gasteiger partial charge < -0.3 is 14.5 Å². The molecule has 0 saturated carbocycles. The van der Waals surface area contributed by atoms with E-state index >= 15 is 0 Å². The average Bonchev–Trinajstić information content (AvgIpc) is 2.90. The van der Waals surface area contributed by atoms with Gasteiger partial charge in [-0.1, -0.05) is 41.0 Å². The number of aliphatic hydroxyl groups excluding tert-OH is 1. The molecule has 0 saturated heterocycles. The van der Waals surface area contributed by atoms with Gasteiger partial charge >= 0.3 is 0 Å². The molecule has 1 aromatic carbocycles. The van der Waals surface area contributed by atoms with Crippen LogP contribution in [0.2, 0.25) is 5.15 Å². The molecule has 5 nitrogen and oxygen atoms in total. The number of halogens is 1. The molecular weight excluding hydrogens is 292 g/mol. The summed E-state index contributed by atoms with van der Waals surface area (Å²) < 4.78 is 4.98. The highest BCUT2D eigenvalue weighted by Gasteiger charge is 2.26. The second kappa shape index (κ2) is 5.87. The number of carbonyl (C=O) groups is 1. The second-order valence-electron chi connectivity index (χ2n) is 5.10. The van der Waals surface area contributed by atoms with Crippen LogP contribution in [0.5, 0.6) is 0 Å². The van der Waals surface area contributed by atoms with Crippen molar-refractivity contribution in [2.45, 2.75) is 25.5 Å². The van der Waals surface area contributed by atoms with Crippen molar-refractivity contribution in [2.24, 2.45) is 0 Å². The zero-order valence-electron chi connectivity index (χ0n) is 11.3. The first-order valence-electron chi connectivity index (χ1n) is 6.78. The van der Waals surface area contributed by atoms with Gasteiger partial charge in [-0.15, -0.1) is 0 Å². The third-order valence-corrected chi connectivity index (χ3v) is 3.81. The van der Waals surface area contributed by atoms with Gasteiger partial charge in [-0.3, -0.25) is 4.79 Å². The third kappa shape index (κ3) is 3.09. The number of hydrogen-bond donors (Lipinski definition) is 1. The van der Waals surface area contributed by atoms with Crippen molar-refractivity contribution < 1.29 is 14.4 Å². The van der Waals surface area contributed by atoms with Crippen molar-refractivity contribution in [3.8, 4) is 0 Å². The van der Waals surface area contributed by atoms with Crippen LogP contribution in [-0.2, 0) is 17.8 Å². The number of aliphatic hydroxyl groups is 1. The Morgan fingerprint density at radius 3 is 3.05 bits per heavy atom. The van der Waals surface area contributed by atoms with Crippen LogP contribution in [-0.4, -0.2) is 27.6 Å². The Bertz CT molecular complexity index is 656. The van der Waals surface area contributed by atoms with Gasteiger partial charge in [0.15, 0.2) is 5.15 Å². The average molecular weight is 307 g/mol. The minimum absolute atomic E-state index is 0.0175. The van der Waals surface area contributed by atoms with Gasteiger partial charge in [0.2, 0.25) is 5.91 Å². The Balaban J connectivity index is 1.64. The van der Waals surface area contributed by atoms with Crippen LogP contribution in [0.1, 0.15) is 29.4 Å². The predicted octanol–water partition coefficient (Wildman–Crippen LogP) is 2.34. The molecule has 2 aromatic rings. The zero-order chi connectivity index (χ0) is 14.8. The molecule has 0 radical (unpaired) electrons. The SMILES string of the molecule is O=C(CCc1cc(Cl)no1)N1Cc2ccccc2[C@@H](O)C1. The summed E-state index contributed by atoms with van der Waals surface area (Å²) in [6.07, 6.45) is 0.131. The van der Waals surface area contributed by atoms with Gasteiger partial charge in [-0.05, 0) is 11.1 Å². The van der Waals surface area contributed by atoms with Crippen molar-refractivity contribution in [1.82, 2.24) is 10.1 Å². The number of β-amino-alcohol motifs (C(OH)–C–C–N with tert-alkyl or cyclic N) is 1. The van der Waals surface area contributed by atoms with E-state index in [1.807, 2.05) is 24.3 Å². The van der Waals surface area contributed by atoms with Crippen LogP contribution in [0.25, 0.3) is 0 Å². The van der Waals surface area contributed by atoms with E-state index in [4.69, 9.17) is 16.1 Å². The van der Waals surface area contributed by atoms with Gasteiger partial charge in [0.1, 0.15) is 5.76 Å². The maximum atomic E-state index is 12.3. The summed E-state index contributed by atoms with van der Waals surface area (Å²) in [6, 6.07) is 9.25. The fourth-order valence-electron chi connectivity index (χ4n) is 2.56. The zero-order valence-corrected chi connectivity index (χ0v) is 12.1. The van der Waals surface area contributed by atoms with Crippen molar-refractivity contribution in [3.63, 3.8) is 0 Å². The lowest BCUT2D eigenvalue weighted by Gasteiger charge is -2.32. The number of nitrogens with zero attached hydrogens (tertiary/aromatic N) is 2. The number of aromatic nitrogens is 1. The van der Waals surface area contributed by atoms with Crippen LogP contribution in [0.4, 0.5) is 0 Å². The third-order valence-electron chi connectivity index (χ3n) is 3.64. The molecule has 0 fully saturated rings. The molecule has 21 heavy (non-hydrogen) atoms. The first-order valence-corrected chi connectivity index (χ1v) is 7.16. The summed E-state index contributed by atoms with van der Waals surface area (Å²) >= 11 is 5.67. The van der Waals surface area contributed by atoms with E-state index in [2.05, 4.69) is 5.16 Å². The first-order chi connectivity index (χ1) is 10.1. The van der Waals surface area contributed by atoms with Crippen molar-refractivity contribution in [2.75, 3.05) is 6.54 Å². The number of amides is 1. The highest BCUT2D eigenvalue weighted by molar-refractivity contribution is 6.29. The number of fused-ring (bicyclic) bond motifs is 1. The molecular formula is C15H15ClN2O3. The molecule has 110 valence electrons. The smallest absolute Gasteiger partial charge is 0.223 e. The number of rotatable bonds is 3. The van der Waals surface area contributed by atoms with E-state index in [9.17, 15) is 9.90 Å². The van der Waals surface area contributed by atoms with Crippen LogP contribution in [0.3, 0.4) is 0 Å². The molecule has 2 heterocycles. The summed E-state index contributed by atoms with van der Waals surface area (Å²) in [5, 5.41) is 14.0. The van der Waals surface area contributed by atoms with Gasteiger partial charge in [-0.25, -0.2) is 0 Å². The molecule has 0 unspecified atom stereocenters. The molecule has 1 aliphatic rings. The van der Waals surface area contributed by atoms with E-state index in [0.29, 0.717) is 36.8 Å². The standard InChI is InChI=1S/C15H15ClN2O3/c16-14-7-11(21-17-14)5-6-15(20)18-8-10-3-1-2-4-12(10)13(19)9-18/h1-4,7,13,19H,5-6,8-9H2/t13-/m0/s1. The second-order valence-corrected chi connectivity index (χ2v) is 5.49. The van der Waals surface area contributed by atoms with Crippen molar-refractivity contribution in [3.05, 3.63) is 52.4 Å². The Morgan fingerprint density at radius 1 is 1.48 bits per heavy atom. The minimum atomic E-state index is -0.626. The minimum Gasteiger partial charge on any atom is -0.387 e. The van der Waals surface area contributed by atoms with E-state index in [0.717, 1.165) is 11.1 Å². The lowest BCUT2D eigenvalue weighted by Crippen LogP contribution is -2.38. The summed E-state index contributed by atoms with van der Waals surface area (Å²) in [6.45, 7) is 0.857. The van der Waals surface area contributed by atoms with E-state index < -0.39 is 6.10 Å². The molecule has 0 bridgehead atoms. The molecule has 1 amide bonds. The van der Waals surface area contributed by atoms with Gasteiger partial charge in [0.05, 0.1) is 12.6 Å². The van der Waals surface area contributed by atoms with Crippen LogP contribution < -0.4 is 0 Å². The van der Waals surface area contributed by atoms with Crippen molar-refractivity contribution in [1.29, 1.82) is 0 Å². The molecule has 6 heteroatoms. The summed E-state index contributed by atoms with van der Waals surface area (Å²) in [4.78, 5) is 13.9.